The molecule has 2 rings (SSSR count). The molecule has 2 fully saturated rings. The van der Waals surface area contributed by atoms with E-state index in [1.165, 1.54) is 45.2 Å². The van der Waals surface area contributed by atoms with Gasteiger partial charge in [0, 0.05) is 18.6 Å². The first-order valence-electron chi connectivity index (χ1n) is 7.10. The Morgan fingerprint density at radius 1 is 1.25 bits per heavy atom. The van der Waals surface area contributed by atoms with Crippen molar-refractivity contribution >= 4 is 0 Å². The Morgan fingerprint density at radius 2 is 2.00 bits per heavy atom. The van der Waals surface area contributed by atoms with Crippen molar-refractivity contribution in [3.63, 3.8) is 0 Å². The lowest BCUT2D eigenvalue weighted by molar-refractivity contribution is 0.120. The molecule has 1 saturated carbocycles. The molecular weight excluding hydrogens is 196 g/mol. The Kier molecular flexibility index (Phi) is 4.26. The van der Waals surface area contributed by atoms with Gasteiger partial charge in [0.2, 0.25) is 0 Å². The average molecular weight is 224 g/mol. The highest BCUT2D eigenvalue weighted by Crippen LogP contribution is 2.29. The lowest BCUT2D eigenvalue weighted by Gasteiger charge is -2.40. The molecule has 3 atom stereocenters. The molecule has 3 unspecified atom stereocenters. The van der Waals surface area contributed by atoms with Crippen molar-refractivity contribution in [1.29, 1.82) is 0 Å². The van der Waals surface area contributed by atoms with Gasteiger partial charge in [-0.2, -0.15) is 0 Å². The van der Waals surface area contributed by atoms with Crippen LogP contribution in [0.1, 0.15) is 46.0 Å². The predicted octanol–water partition coefficient (Wildman–Crippen LogP) is 2.49. The summed E-state index contributed by atoms with van der Waals surface area (Å²) in [5, 5.41) is 3.79. The molecule has 0 spiro atoms. The van der Waals surface area contributed by atoms with Crippen molar-refractivity contribution in [2.24, 2.45) is 11.8 Å². The van der Waals surface area contributed by atoms with Crippen LogP contribution in [0.25, 0.3) is 0 Å². The SMILES string of the molecule is CC1CN(C)C(C)CC1NCCC1CCC1. The molecule has 94 valence electrons. The van der Waals surface area contributed by atoms with Gasteiger partial charge in [0.1, 0.15) is 0 Å². The second kappa shape index (κ2) is 5.50. The molecule has 1 saturated heterocycles. The Labute approximate surface area is 101 Å². The van der Waals surface area contributed by atoms with Crippen LogP contribution in [0.15, 0.2) is 0 Å². The minimum absolute atomic E-state index is 0.748. The maximum atomic E-state index is 3.79. The van der Waals surface area contributed by atoms with Crippen molar-refractivity contribution < 1.29 is 0 Å². The van der Waals surface area contributed by atoms with E-state index in [9.17, 15) is 0 Å². The molecule has 2 heteroatoms. The summed E-state index contributed by atoms with van der Waals surface area (Å²) >= 11 is 0. The van der Waals surface area contributed by atoms with Crippen molar-refractivity contribution in [2.45, 2.75) is 58.0 Å². The molecule has 1 N–H and O–H groups in total. The third-order valence-electron chi connectivity index (χ3n) is 4.79. The van der Waals surface area contributed by atoms with Crippen LogP contribution >= 0.6 is 0 Å². The third kappa shape index (κ3) is 2.98. The largest absolute Gasteiger partial charge is 0.314 e. The molecule has 0 amide bonds. The third-order valence-corrected chi connectivity index (χ3v) is 4.79. The van der Waals surface area contributed by atoms with Crippen LogP contribution in [-0.2, 0) is 0 Å². The van der Waals surface area contributed by atoms with Gasteiger partial charge in [-0.25, -0.2) is 0 Å². The molecule has 2 aliphatic rings. The first-order valence-corrected chi connectivity index (χ1v) is 7.10. The molecule has 1 aliphatic carbocycles. The molecule has 0 aromatic rings. The van der Waals surface area contributed by atoms with Gasteiger partial charge < -0.3 is 10.2 Å². The number of hydrogen-bond donors (Lipinski definition) is 1. The van der Waals surface area contributed by atoms with Crippen LogP contribution in [-0.4, -0.2) is 37.1 Å². The summed E-state index contributed by atoms with van der Waals surface area (Å²) in [6.45, 7) is 7.24. The van der Waals surface area contributed by atoms with Gasteiger partial charge in [-0.05, 0) is 45.2 Å². The van der Waals surface area contributed by atoms with E-state index in [0.29, 0.717) is 0 Å². The van der Waals surface area contributed by atoms with Gasteiger partial charge in [0.05, 0.1) is 0 Å². The fourth-order valence-electron chi connectivity index (χ4n) is 3.08. The lowest BCUT2D eigenvalue weighted by atomic mass is 9.82. The average Bonchev–Trinajstić information content (AvgIpc) is 2.17. The quantitative estimate of drug-likeness (QED) is 0.789. The zero-order chi connectivity index (χ0) is 11.5. The van der Waals surface area contributed by atoms with Gasteiger partial charge in [0.25, 0.3) is 0 Å². The fourth-order valence-corrected chi connectivity index (χ4v) is 3.08. The van der Waals surface area contributed by atoms with Gasteiger partial charge in [0.15, 0.2) is 0 Å². The van der Waals surface area contributed by atoms with E-state index >= 15 is 0 Å². The van der Waals surface area contributed by atoms with E-state index in [-0.39, 0.29) is 0 Å². The van der Waals surface area contributed by atoms with Gasteiger partial charge >= 0.3 is 0 Å². The Hall–Kier alpha value is -0.0800. The summed E-state index contributed by atoms with van der Waals surface area (Å²) in [5.41, 5.74) is 0. The van der Waals surface area contributed by atoms with Crippen molar-refractivity contribution in [3.8, 4) is 0 Å². The predicted molar refractivity (Wildman–Crippen MR) is 69.6 cm³/mol. The number of rotatable bonds is 4. The van der Waals surface area contributed by atoms with E-state index in [1.807, 2.05) is 0 Å². The number of nitrogens with one attached hydrogen (secondary N) is 1. The number of nitrogens with zero attached hydrogens (tertiary/aromatic N) is 1. The van der Waals surface area contributed by atoms with Crippen LogP contribution in [0.2, 0.25) is 0 Å². The molecule has 1 aliphatic heterocycles. The second-order valence-electron chi connectivity index (χ2n) is 6.15. The standard InChI is InChI=1S/C14H28N2/c1-11-10-16(3)12(2)9-14(11)15-8-7-13-5-4-6-13/h11-15H,4-10H2,1-3H3. The van der Waals surface area contributed by atoms with E-state index < -0.39 is 0 Å². The maximum Gasteiger partial charge on any atom is 0.0120 e. The van der Waals surface area contributed by atoms with E-state index in [2.05, 4.69) is 31.1 Å². The topological polar surface area (TPSA) is 15.3 Å². The van der Waals surface area contributed by atoms with Crippen LogP contribution in [0.3, 0.4) is 0 Å². The minimum Gasteiger partial charge on any atom is -0.314 e. The molecule has 2 nitrogen and oxygen atoms in total. The normalized spacial score (nSPS) is 37.3. The van der Waals surface area contributed by atoms with Gasteiger partial charge in [-0.3, -0.25) is 0 Å². The van der Waals surface area contributed by atoms with Gasteiger partial charge in [-0.15, -0.1) is 0 Å². The first-order chi connectivity index (χ1) is 7.66. The van der Waals surface area contributed by atoms with Crippen molar-refractivity contribution in [2.75, 3.05) is 20.1 Å². The van der Waals surface area contributed by atoms with E-state index in [0.717, 1.165) is 23.9 Å². The zero-order valence-electron chi connectivity index (χ0n) is 11.2. The van der Waals surface area contributed by atoms with Crippen molar-refractivity contribution in [3.05, 3.63) is 0 Å². The Morgan fingerprint density at radius 3 is 2.62 bits per heavy atom. The summed E-state index contributed by atoms with van der Waals surface area (Å²) in [4.78, 5) is 2.49. The van der Waals surface area contributed by atoms with Crippen LogP contribution < -0.4 is 5.32 Å². The summed E-state index contributed by atoms with van der Waals surface area (Å²) < 4.78 is 0. The lowest BCUT2D eigenvalue weighted by Crippen LogP contribution is -2.51. The van der Waals surface area contributed by atoms with Gasteiger partial charge in [-0.1, -0.05) is 26.2 Å². The summed E-state index contributed by atoms with van der Waals surface area (Å²) in [7, 11) is 2.26. The van der Waals surface area contributed by atoms with Crippen molar-refractivity contribution in [1.82, 2.24) is 10.2 Å². The maximum absolute atomic E-state index is 3.79. The van der Waals surface area contributed by atoms with E-state index in [1.54, 1.807) is 0 Å². The molecular formula is C14H28N2. The molecule has 0 aromatic heterocycles. The highest BCUT2D eigenvalue weighted by atomic mass is 15.2. The highest BCUT2D eigenvalue weighted by Gasteiger charge is 2.28. The van der Waals surface area contributed by atoms with Crippen LogP contribution in [0.5, 0.6) is 0 Å². The number of likely N-dealkylation sites (tertiary alicyclic amines) is 1. The summed E-state index contributed by atoms with van der Waals surface area (Å²) in [6.07, 6.45) is 7.18. The minimum atomic E-state index is 0.748. The molecule has 16 heavy (non-hydrogen) atoms. The smallest absolute Gasteiger partial charge is 0.0120 e. The molecule has 0 bridgehead atoms. The second-order valence-corrected chi connectivity index (χ2v) is 6.15. The zero-order valence-corrected chi connectivity index (χ0v) is 11.2. The molecule has 0 aromatic carbocycles. The number of hydrogen-bond acceptors (Lipinski definition) is 2. The molecule has 1 heterocycles. The Balaban J connectivity index is 1.67. The fraction of sp³-hybridized carbons (Fsp3) is 1.00. The summed E-state index contributed by atoms with van der Waals surface area (Å²) in [5.74, 6) is 1.86. The Bertz CT molecular complexity index is 213. The monoisotopic (exact) mass is 224 g/mol. The summed E-state index contributed by atoms with van der Waals surface area (Å²) in [6, 6.07) is 1.50. The number of piperidine rings is 1. The van der Waals surface area contributed by atoms with Crippen LogP contribution in [0.4, 0.5) is 0 Å². The molecule has 0 radical (unpaired) electrons. The van der Waals surface area contributed by atoms with Crippen LogP contribution in [0, 0.1) is 11.8 Å². The van der Waals surface area contributed by atoms with E-state index in [4.69, 9.17) is 0 Å². The highest BCUT2D eigenvalue weighted by molar-refractivity contribution is 4.86. The first kappa shape index (κ1) is 12.4.